The largest absolute Gasteiger partial charge is 0.465 e. The molecule has 2 rings (SSSR count). The molecule has 1 aromatic carbocycles. The fourth-order valence-electron chi connectivity index (χ4n) is 2.81. The van der Waals surface area contributed by atoms with Gasteiger partial charge in [0.2, 0.25) is 0 Å². The van der Waals surface area contributed by atoms with Gasteiger partial charge in [-0.05, 0) is 45.9 Å². The van der Waals surface area contributed by atoms with Gasteiger partial charge in [0.25, 0.3) is 0 Å². The zero-order chi connectivity index (χ0) is 18.8. The van der Waals surface area contributed by atoms with Crippen LogP contribution in [0.15, 0.2) is 18.2 Å². The Hall–Kier alpha value is -2.44. The molecule has 1 saturated heterocycles. The minimum Gasteiger partial charge on any atom is -0.465 e. The highest BCUT2D eigenvalue weighted by Gasteiger charge is 2.31. The lowest BCUT2D eigenvalue weighted by atomic mass is 10.1. The molecule has 0 spiro atoms. The molecule has 0 bridgehead atoms. The van der Waals surface area contributed by atoms with E-state index in [1.54, 1.807) is 17.0 Å². The van der Waals surface area contributed by atoms with E-state index in [9.17, 15) is 9.59 Å². The highest BCUT2D eigenvalue weighted by atomic mass is 16.6. The second kappa shape index (κ2) is 7.21. The van der Waals surface area contributed by atoms with E-state index in [0.717, 1.165) is 5.69 Å². The van der Waals surface area contributed by atoms with E-state index in [2.05, 4.69) is 4.90 Å². The third-order valence-electron chi connectivity index (χ3n) is 4.06. The van der Waals surface area contributed by atoms with E-state index >= 15 is 0 Å². The van der Waals surface area contributed by atoms with Gasteiger partial charge < -0.3 is 25.0 Å². The lowest BCUT2D eigenvalue weighted by Crippen LogP contribution is -2.55. The van der Waals surface area contributed by atoms with Crippen molar-refractivity contribution < 1.29 is 19.1 Å². The molecule has 2 N–H and O–H groups in total. The number of piperazine rings is 1. The van der Waals surface area contributed by atoms with Gasteiger partial charge >= 0.3 is 12.1 Å². The zero-order valence-electron chi connectivity index (χ0n) is 15.5. The molecule has 1 atom stereocenters. The first kappa shape index (κ1) is 18.9. The molecule has 1 amide bonds. The van der Waals surface area contributed by atoms with Crippen LogP contribution in [0.5, 0.6) is 0 Å². The lowest BCUT2D eigenvalue weighted by molar-refractivity contribution is 0.0159. The summed E-state index contributed by atoms with van der Waals surface area (Å²) in [5, 5.41) is 0. The van der Waals surface area contributed by atoms with Crippen LogP contribution in [0.3, 0.4) is 0 Å². The number of anilines is 2. The van der Waals surface area contributed by atoms with Crippen LogP contribution in [0.25, 0.3) is 0 Å². The summed E-state index contributed by atoms with van der Waals surface area (Å²) in [4.78, 5) is 28.0. The van der Waals surface area contributed by atoms with E-state index in [4.69, 9.17) is 15.2 Å². The van der Waals surface area contributed by atoms with Crippen LogP contribution in [0.2, 0.25) is 0 Å². The molecule has 1 aliphatic heterocycles. The summed E-state index contributed by atoms with van der Waals surface area (Å²) in [6, 6.07) is 5.30. The Morgan fingerprint density at radius 1 is 1.24 bits per heavy atom. The number of methoxy groups -OCH3 is 1. The van der Waals surface area contributed by atoms with E-state index in [-0.39, 0.29) is 12.1 Å². The summed E-state index contributed by atoms with van der Waals surface area (Å²) in [5.41, 5.74) is 6.96. The highest BCUT2D eigenvalue weighted by Crippen LogP contribution is 2.25. The van der Waals surface area contributed by atoms with Gasteiger partial charge in [0, 0.05) is 37.1 Å². The van der Waals surface area contributed by atoms with Gasteiger partial charge in [-0.3, -0.25) is 0 Å². The Kier molecular flexibility index (Phi) is 5.45. The van der Waals surface area contributed by atoms with Gasteiger partial charge in [-0.1, -0.05) is 0 Å². The van der Waals surface area contributed by atoms with Crippen molar-refractivity contribution in [2.45, 2.75) is 39.3 Å². The summed E-state index contributed by atoms with van der Waals surface area (Å²) in [5.74, 6) is -0.459. The quantitative estimate of drug-likeness (QED) is 0.652. The molecule has 0 aromatic heterocycles. The Morgan fingerprint density at radius 2 is 1.92 bits per heavy atom. The minimum absolute atomic E-state index is 0.0114. The summed E-state index contributed by atoms with van der Waals surface area (Å²) in [6.07, 6.45) is -0.299. The van der Waals surface area contributed by atoms with Crippen molar-refractivity contribution in [1.29, 1.82) is 0 Å². The first-order chi connectivity index (χ1) is 11.6. The van der Waals surface area contributed by atoms with Gasteiger partial charge in [0.05, 0.1) is 12.7 Å². The summed E-state index contributed by atoms with van der Waals surface area (Å²) in [7, 11) is 1.33. The predicted octanol–water partition coefficient (Wildman–Crippen LogP) is 2.50. The fraction of sp³-hybridized carbons (Fsp3) is 0.556. The molecule has 1 aliphatic rings. The average molecular weight is 349 g/mol. The molecule has 25 heavy (non-hydrogen) atoms. The summed E-state index contributed by atoms with van der Waals surface area (Å²) >= 11 is 0. The fourth-order valence-corrected chi connectivity index (χ4v) is 2.81. The number of nitrogens with zero attached hydrogens (tertiary/aromatic N) is 2. The van der Waals surface area contributed by atoms with Crippen molar-refractivity contribution in [3.8, 4) is 0 Å². The number of amides is 1. The maximum atomic E-state index is 12.3. The van der Waals surface area contributed by atoms with E-state index in [1.165, 1.54) is 7.11 Å². The van der Waals surface area contributed by atoms with Crippen LogP contribution in [0.4, 0.5) is 16.2 Å². The third-order valence-corrected chi connectivity index (χ3v) is 4.06. The van der Waals surface area contributed by atoms with Crippen molar-refractivity contribution in [2.24, 2.45) is 0 Å². The van der Waals surface area contributed by atoms with Crippen molar-refractivity contribution >= 4 is 23.4 Å². The standard InChI is InChI=1S/C18H27N3O4/c1-12-11-20(8-9-21(12)17(23)25-18(2,3)4)13-6-7-15(19)14(10-13)16(22)24-5/h6-7,10,12H,8-9,11,19H2,1-5H3/t12-/m1/s1. The monoisotopic (exact) mass is 349 g/mol. The Balaban J connectivity index is 2.10. The van der Waals surface area contributed by atoms with Crippen LogP contribution in [0.1, 0.15) is 38.1 Å². The Bertz CT molecular complexity index is 654. The third kappa shape index (κ3) is 4.55. The number of benzene rings is 1. The summed E-state index contributed by atoms with van der Waals surface area (Å²) < 4.78 is 10.2. The predicted molar refractivity (Wildman–Crippen MR) is 96.8 cm³/mol. The number of rotatable bonds is 2. The molecule has 7 nitrogen and oxygen atoms in total. The van der Waals surface area contributed by atoms with Gasteiger partial charge in [-0.2, -0.15) is 0 Å². The number of hydrogen-bond acceptors (Lipinski definition) is 6. The first-order valence-corrected chi connectivity index (χ1v) is 8.35. The molecule has 1 aromatic rings. The zero-order valence-corrected chi connectivity index (χ0v) is 15.5. The second-order valence-corrected chi connectivity index (χ2v) is 7.23. The minimum atomic E-state index is -0.514. The number of ether oxygens (including phenoxy) is 2. The van der Waals surface area contributed by atoms with E-state index < -0.39 is 11.6 Å². The number of hydrogen-bond donors (Lipinski definition) is 1. The smallest absolute Gasteiger partial charge is 0.410 e. The van der Waals surface area contributed by atoms with Crippen LogP contribution in [0, 0.1) is 0 Å². The number of nitrogen functional groups attached to an aromatic ring is 1. The molecule has 0 saturated carbocycles. The number of carbonyl (C=O) groups is 2. The molecule has 1 heterocycles. The number of nitrogens with two attached hydrogens (primary N) is 1. The van der Waals surface area contributed by atoms with Crippen LogP contribution < -0.4 is 10.6 Å². The normalized spacial score (nSPS) is 18.0. The second-order valence-electron chi connectivity index (χ2n) is 7.23. The summed E-state index contributed by atoms with van der Waals surface area (Å²) in [6.45, 7) is 9.39. The van der Waals surface area contributed by atoms with Gasteiger partial charge in [0.15, 0.2) is 0 Å². The molecule has 7 heteroatoms. The topological polar surface area (TPSA) is 85.1 Å². The highest BCUT2D eigenvalue weighted by molar-refractivity contribution is 5.96. The molecular formula is C18H27N3O4. The van der Waals surface area contributed by atoms with Crippen LogP contribution in [-0.2, 0) is 9.47 Å². The van der Waals surface area contributed by atoms with Gasteiger partial charge in [0.1, 0.15) is 5.60 Å². The number of carbonyl (C=O) groups excluding carboxylic acids is 2. The van der Waals surface area contributed by atoms with E-state index in [0.29, 0.717) is 30.9 Å². The van der Waals surface area contributed by atoms with E-state index in [1.807, 2.05) is 33.8 Å². The van der Waals surface area contributed by atoms with Crippen LogP contribution >= 0.6 is 0 Å². The Morgan fingerprint density at radius 3 is 2.48 bits per heavy atom. The maximum Gasteiger partial charge on any atom is 0.410 e. The first-order valence-electron chi connectivity index (χ1n) is 8.35. The van der Waals surface area contributed by atoms with Crippen molar-refractivity contribution in [2.75, 3.05) is 37.4 Å². The molecular weight excluding hydrogens is 322 g/mol. The molecule has 138 valence electrons. The SMILES string of the molecule is COC(=O)c1cc(N2CCN(C(=O)OC(C)(C)C)[C@H](C)C2)ccc1N. The number of esters is 1. The molecule has 0 radical (unpaired) electrons. The lowest BCUT2D eigenvalue weighted by Gasteiger charge is -2.41. The van der Waals surface area contributed by atoms with Gasteiger partial charge in [-0.25, -0.2) is 9.59 Å². The molecule has 0 unspecified atom stereocenters. The van der Waals surface area contributed by atoms with Crippen molar-refractivity contribution in [3.05, 3.63) is 23.8 Å². The average Bonchev–Trinajstić information content (AvgIpc) is 2.52. The van der Waals surface area contributed by atoms with Crippen LogP contribution in [-0.4, -0.2) is 55.3 Å². The van der Waals surface area contributed by atoms with Gasteiger partial charge in [-0.15, -0.1) is 0 Å². The molecule has 0 aliphatic carbocycles. The Labute approximate surface area is 148 Å². The molecule has 1 fully saturated rings. The van der Waals surface area contributed by atoms with Crippen molar-refractivity contribution in [1.82, 2.24) is 4.90 Å². The van der Waals surface area contributed by atoms with Crippen molar-refractivity contribution in [3.63, 3.8) is 0 Å². The maximum absolute atomic E-state index is 12.3.